The van der Waals surface area contributed by atoms with Crippen LogP contribution >= 0.6 is 15.9 Å². The molecule has 9 heteroatoms. The predicted molar refractivity (Wildman–Crippen MR) is 156 cm³/mol. The van der Waals surface area contributed by atoms with Crippen LogP contribution in [0.3, 0.4) is 0 Å². The number of phenols is 1. The van der Waals surface area contributed by atoms with Crippen molar-refractivity contribution in [1.82, 2.24) is 4.90 Å². The third-order valence-electron chi connectivity index (χ3n) is 8.20. The molecule has 220 valence electrons. The van der Waals surface area contributed by atoms with Gasteiger partial charge in [-0.25, -0.2) is 0 Å². The predicted octanol–water partition coefficient (Wildman–Crippen LogP) is 5.44. The van der Waals surface area contributed by atoms with Crippen LogP contribution in [0.15, 0.2) is 39.4 Å². The number of fused-ring (bicyclic) bond motifs is 1. The van der Waals surface area contributed by atoms with Crippen LogP contribution in [0.4, 0.5) is 0 Å². The van der Waals surface area contributed by atoms with E-state index in [1.807, 2.05) is 26.0 Å². The standard InChI is InChI=1S/C31H42BrNO7/c1-3-8-20-17-23-29(31(40)33(30(23)39)14-7-5-6-9-27(37)38)24(18-34)28(20)26(36)12-10-19(4-2)15-21-16-22(32)11-13-25(21)35/h11,13,15-16,23-24,26,29,34-36H,3-10,12,14,17-18H2,1-2H3,(H,37,38)/b19-15+/t23-,24+,26-,29-/m1/s1. The molecular formula is C31H42BrNO7. The Bertz CT molecular complexity index is 1140. The van der Waals surface area contributed by atoms with Crippen molar-refractivity contribution >= 4 is 39.8 Å². The number of aliphatic hydroxyl groups excluding tert-OH is 2. The van der Waals surface area contributed by atoms with E-state index in [2.05, 4.69) is 15.9 Å². The quantitative estimate of drug-likeness (QED) is 0.116. The maximum atomic E-state index is 13.5. The summed E-state index contributed by atoms with van der Waals surface area (Å²) in [5.74, 6) is -3.05. The number of amides is 2. The molecule has 1 heterocycles. The Hall–Kier alpha value is -2.49. The highest BCUT2D eigenvalue weighted by Gasteiger charge is 2.54. The maximum Gasteiger partial charge on any atom is 0.303 e. The van der Waals surface area contributed by atoms with Crippen molar-refractivity contribution in [1.29, 1.82) is 0 Å². The van der Waals surface area contributed by atoms with E-state index >= 15 is 0 Å². The second kappa shape index (κ2) is 14.9. The van der Waals surface area contributed by atoms with Gasteiger partial charge in [-0.2, -0.15) is 0 Å². The van der Waals surface area contributed by atoms with Crippen molar-refractivity contribution in [3.8, 4) is 5.75 Å². The first-order chi connectivity index (χ1) is 19.1. The molecule has 0 spiro atoms. The number of imide groups is 1. The van der Waals surface area contributed by atoms with Crippen molar-refractivity contribution in [2.75, 3.05) is 13.2 Å². The minimum absolute atomic E-state index is 0.0598. The van der Waals surface area contributed by atoms with E-state index in [9.17, 15) is 29.7 Å². The van der Waals surface area contributed by atoms with Crippen molar-refractivity contribution in [2.24, 2.45) is 17.8 Å². The van der Waals surface area contributed by atoms with E-state index < -0.39 is 29.8 Å². The summed E-state index contributed by atoms with van der Waals surface area (Å²) in [6.07, 6.45) is 6.40. The lowest BCUT2D eigenvalue weighted by Crippen LogP contribution is -2.39. The topological polar surface area (TPSA) is 135 Å². The monoisotopic (exact) mass is 619 g/mol. The SMILES string of the molecule is CCCC1=C([C@H](O)CC/C(=C/c2cc(Br)ccc2O)CC)[C@H](CO)[C@@H]2C(=O)N(CCCCCC(=O)O)C(=O)[C@@H]2C1. The van der Waals surface area contributed by atoms with E-state index in [0.29, 0.717) is 56.1 Å². The van der Waals surface area contributed by atoms with Gasteiger partial charge in [0, 0.05) is 28.9 Å². The first-order valence-electron chi connectivity index (χ1n) is 14.4. The van der Waals surface area contributed by atoms with Gasteiger partial charge in [0.2, 0.25) is 11.8 Å². The average Bonchev–Trinajstić information content (AvgIpc) is 3.16. The third-order valence-corrected chi connectivity index (χ3v) is 8.69. The molecule has 8 nitrogen and oxygen atoms in total. The number of phenolic OH excluding ortho intramolecular Hbond substituents is 1. The Morgan fingerprint density at radius 3 is 2.55 bits per heavy atom. The molecule has 0 aromatic heterocycles. The average molecular weight is 621 g/mol. The van der Waals surface area contributed by atoms with E-state index in [1.54, 1.807) is 12.1 Å². The molecule has 1 saturated heterocycles. The molecule has 4 N–H and O–H groups in total. The van der Waals surface area contributed by atoms with Gasteiger partial charge in [-0.1, -0.05) is 59.8 Å². The molecule has 1 fully saturated rings. The molecule has 3 rings (SSSR count). The smallest absolute Gasteiger partial charge is 0.303 e. The molecular weight excluding hydrogens is 578 g/mol. The number of aliphatic hydroxyl groups is 2. The number of hydrogen-bond donors (Lipinski definition) is 4. The first kappa shape index (κ1) is 32.0. The van der Waals surface area contributed by atoms with Crippen LogP contribution < -0.4 is 0 Å². The number of hydrogen-bond acceptors (Lipinski definition) is 6. The van der Waals surface area contributed by atoms with Gasteiger partial charge in [0.05, 0.1) is 24.5 Å². The number of aromatic hydroxyl groups is 1. The maximum absolute atomic E-state index is 13.5. The molecule has 2 aliphatic rings. The number of aliphatic carboxylic acids is 1. The van der Waals surface area contributed by atoms with Crippen LogP contribution in [0.25, 0.3) is 6.08 Å². The first-order valence-corrected chi connectivity index (χ1v) is 15.2. The Morgan fingerprint density at radius 1 is 1.15 bits per heavy atom. The summed E-state index contributed by atoms with van der Waals surface area (Å²) < 4.78 is 0.856. The minimum atomic E-state index is -0.862. The number of carbonyl (C=O) groups excluding carboxylic acids is 2. The molecule has 0 radical (unpaired) electrons. The van der Waals surface area contributed by atoms with Gasteiger partial charge in [-0.15, -0.1) is 0 Å². The van der Waals surface area contributed by atoms with Gasteiger partial charge in [0.15, 0.2) is 0 Å². The molecule has 2 amide bonds. The third kappa shape index (κ3) is 7.62. The Kier molecular flexibility index (Phi) is 12.0. The highest BCUT2D eigenvalue weighted by atomic mass is 79.9. The number of carbonyl (C=O) groups is 3. The lowest BCUT2D eigenvalue weighted by atomic mass is 9.67. The van der Waals surface area contributed by atoms with Gasteiger partial charge >= 0.3 is 5.97 Å². The van der Waals surface area contributed by atoms with E-state index in [0.717, 1.165) is 28.5 Å². The van der Waals surface area contributed by atoms with Crippen LogP contribution in [0.2, 0.25) is 0 Å². The van der Waals surface area contributed by atoms with Crippen molar-refractivity contribution < 1.29 is 34.8 Å². The fourth-order valence-corrected chi connectivity index (χ4v) is 6.57. The molecule has 0 unspecified atom stereocenters. The zero-order valence-electron chi connectivity index (χ0n) is 23.4. The van der Waals surface area contributed by atoms with Gasteiger partial charge in [-0.05, 0) is 68.7 Å². The lowest BCUT2D eigenvalue weighted by molar-refractivity contribution is -0.141. The van der Waals surface area contributed by atoms with Crippen LogP contribution in [-0.2, 0) is 14.4 Å². The molecule has 1 aliphatic carbocycles. The second-order valence-electron chi connectivity index (χ2n) is 10.9. The number of likely N-dealkylation sites (tertiary alicyclic amines) is 1. The number of benzene rings is 1. The number of carboxylic acid groups (broad SMARTS) is 1. The summed E-state index contributed by atoms with van der Waals surface area (Å²) in [5.41, 5.74) is 3.42. The highest BCUT2D eigenvalue weighted by molar-refractivity contribution is 9.10. The fraction of sp³-hybridized carbons (Fsp3) is 0.581. The molecule has 0 saturated carbocycles. The number of allylic oxidation sites excluding steroid dienone is 2. The zero-order chi connectivity index (χ0) is 29.4. The van der Waals surface area contributed by atoms with E-state index in [1.165, 1.54) is 4.90 Å². The summed E-state index contributed by atoms with van der Waals surface area (Å²) >= 11 is 3.43. The number of nitrogens with zero attached hydrogens (tertiary/aromatic N) is 1. The zero-order valence-corrected chi connectivity index (χ0v) is 25.0. The molecule has 4 atom stereocenters. The van der Waals surface area contributed by atoms with Crippen LogP contribution in [-0.4, -0.2) is 62.4 Å². The fourth-order valence-electron chi connectivity index (χ4n) is 6.20. The number of carboxylic acids is 1. The van der Waals surface area contributed by atoms with Crippen LogP contribution in [0.1, 0.15) is 83.6 Å². The highest BCUT2D eigenvalue weighted by Crippen LogP contribution is 2.47. The second-order valence-corrected chi connectivity index (χ2v) is 11.8. The molecule has 0 bridgehead atoms. The Balaban J connectivity index is 1.77. The number of halogens is 1. The normalized spacial score (nSPS) is 22.2. The molecule has 1 aliphatic heterocycles. The van der Waals surface area contributed by atoms with Crippen molar-refractivity contribution in [3.05, 3.63) is 45.0 Å². The van der Waals surface area contributed by atoms with E-state index in [-0.39, 0.29) is 37.1 Å². The summed E-state index contributed by atoms with van der Waals surface area (Å²) in [7, 11) is 0. The summed E-state index contributed by atoms with van der Waals surface area (Å²) in [6.45, 7) is 3.98. The Labute approximate surface area is 244 Å². The van der Waals surface area contributed by atoms with Gasteiger partial charge in [-0.3, -0.25) is 19.3 Å². The molecule has 1 aromatic carbocycles. The molecule has 1 aromatic rings. The van der Waals surface area contributed by atoms with Gasteiger partial charge < -0.3 is 20.4 Å². The summed E-state index contributed by atoms with van der Waals surface area (Å²) in [4.78, 5) is 38.8. The van der Waals surface area contributed by atoms with Crippen LogP contribution in [0, 0.1) is 17.8 Å². The van der Waals surface area contributed by atoms with Crippen molar-refractivity contribution in [2.45, 2.75) is 84.2 Å². The minimum Gasteiger partial charge on any atom is -0.507 e. The summed E-state index contributed by atoms with van der Waals surface area (Å²) in [5, 5.41) is 41.0. The van der Waals surface area contributed by atoms with Gasteiger partial charge in [0.25, 0.3) is 0 Å². The number of rotatable bonds is 15. The van der Waals surface area contributed by atoms with Gasteiger partial charge in [0.1, 0.15) is 5.75 Å². The van der Waals surface area contributed by atoms with Crippen LogP contribution in [0.5, 0.6) is 5.75 Å². The van der Waals surface area contributed by atoms with Crippen molar-refractivity contribution in [3.63, 3.8) is 0 Å². The molecule has 40 heavy (non-hydrogen) atoms. The summed E-state index contributed by atoms with van der Waals surface area (Å²) in [6, 6.07) is 5.24. The largest absolute Gasteiger partial charge is 0.507 e. The van der Waals surface area contributed by atoms with E-state index in [4.69, 9.17) is 5.11 Å². The lowest BCUT2D eigenvalue weighted by Gasteiger charge is -2.36. The number of unbranched alkanes of at least 4 members (excludes halogenated alkanes) is 2. The Morgan fingerprint density at radius 2 is 1.90 bits per heavy atom.